The number of carboxylic acids is 1. The van der Waals surface area contributed by atoms with Crippen molar-refractivity contribution in [3.05, 3.63) is 117 Å². The number of anilines is 1. The van der Waals surface area contributed by atoms with Crippen LogP contribution in [0.1, 0.15) is 57.4 Å². The van der Waals surface area contributed by atoms with Crippen LogP contribution in [0.15, 0.2) is 73.1 Å². The third-order valence-corrected chi connectivity index (χ3v) is 10.2. The molecular formula is C37H36Cl2FN3O7. The van der Waals surface area contributed by atoms with Crippen LogP contribution in [0.5, 0.6) is 11.5 Å². The molecule has 0 saturated carbocycles. The van der Waals surface area contributed by atoms with Crippen molar-refractivity contribution in [2.45, 2.75) is 37.3 Å². The van der Waals surface area contributed by atoms with E-state index < -0.39 is 29.7 Å². The summed E-state index contributed by atoms with van der Waals surface area (Å²) in [5, 5.41) is 26.1. The van der Waals surface area contributed by atoms with Gasteiger partial charge in [-0.05, 0) is 91.4 Å². The van der Waals surface area contributed by atoms with Crippen LogP contribution < -0.4 is 24.6 Å². The Kier molecular flexibility index (Phi) is 10.7. The predicted octanol–water partition coefficient (Wildman–Crippen LogP) is 5.20. The second-order valence-corrected chi connectivity index (χ2v) is 13.3. The highest BCUT2D eigenvalue weighted by Gasteiger charge is 2.38. The Balaban J connectivity index is 1.43. The van der Waals surface area contributed by atoms with Gasteiger partial charge in [-0.1, -0.05) is 47.5 Å². The standard InChI is InChI=1S/C37H36Cl2FN3O7/c1-48-32-9-6-22(15-33(32)49-2)27(17-29-30(38)18-43(47)19-31(29)39)28-16-25(7-8-26(28)36(44)45)41-35(23-4-3-5-24(40)14-23)37(46)50-34-20-42-12-10-21(34)11-13-42/h3-9,14-16,18-19,21,27,34-35,41H,10-13,17,20H2,1-2H3,(H-,44,45,47)/t27-,34-,35?/m0/s1. The fourth-order valence-electron chi connectivity index (χ4n) is 6.93. The van der Waals surface area contributed by atoms with Gasteiger partial charge in [0, 0.05) is 34.0 Å². The number of rotatable bonds is 12. The summed E-state index contributed by atoms with van der Waals surface area (Å²) in [7, 11) is 2.99. The molecule has 0 spiro atoms. The van der Waals surface area contributed by atoms with E-state index in [2.05, 4.69) is 10.2 Å². The largest absolute Gasteiger partial charge is 0.545 e. The van der Waals surface area contributed by atoms with Crippen molar-refractivity contribution in [3.8, 4) is 11.5 Å². The van der Waals surface area contributed by atoms with E-state index in [1.807, 2.05) is 0 Å². The van der Waals surface area contributed by atoms with Crippen molar-refractivity contribution in [1.29, 1.82) is 0 Å². The lowest BCUT2D eigenvalue weighted by Crippen LogP contribution is -2.52. The van der Waals surface area contributed by atoms with E-state index in [1.165, 1.54) is 56.9 Å². The molecule has 3 aromatic carbocycles. The number of ether oxygens (including phenoxy) is 3. The Labute approximate surface area is 298 Å². The van der Waals surface area contributed by atoms with E-state index in [0.29, 0.717) is 46.0 Å². The van der Waals surface area contributed by atoms with E-state index in [-0.39, 0.29) is 34.1 Å². The molecule has 7 rings (SSSR count). The Morgan fingerprint density at radius 2 is 1.72 bits per heavy atom. The van der Waals surface area contributed by atoms with E-state index in [4.69, 9.17) is 37.4 Å². The first-order valence-corrected chi connectivity index (χ1v) is 16.9. The normalized spacial score (nSPS) is 19.3. The van der Waals surface area contributed by atoms with Crippen LogP contribution in [0.25, 0.3) is 0 Å². The maximum absolute atomic E-state index is 14.5. The highest BCUT2D eigenvalue weighted by Crippen LogP contribution is 2.40. The maximum Gasteiger partial charge on any atom is 0.333 e. The molecule has 50 heavy (non-hydrogen) atoms. The lowest BCUT2D eigenvalue weighted by molar-refractivity contribution is -0.904. The van der Waals surface area contributed by atoms with Gasteiger partial charge in [-0.3, -0.25) is 10.1 Å². The first kappa shape index (κ1) is 35.3. The summed E-state index contributed by atoms with van der Waals surface area (Å²) in [6, 6.07) is 14.3. The molecule has 4 heterocycles. The molecule has 2 N–H and O–H groups in total. The summed E-state index contributed by atoms with van der Waals surface area (Å²) in [6.45, 7) is 2.58. The summed E-state index contributed by atoms with van der Waals surface area (Å²) in [4.78, 5) is 28.8. The molecule has 262 valence electrons. The molecule has 10 nitrogen and oxygen atoms in total. The van der Waals surface area contributed by atoms with Gasteiger partial charge < -0.3 is 29.4 Å². The van der Waals surface area contributed by atoms with Crippen molar-refractivity contribution in [2.24, 2.45) is 5.92 Å². The maximum atomic E-state index is 14.5. The third-order valence-electron chi connectivity index (χ3n) is 9.53. The van der Waals surface area contributed by atoms with Crippen LogP contribution in [0.4, 0.5) is 10.1 Å². The number of pyridine rings is 1. The number of nitrogens with one attached hydrogen (secondary N) is 1. The zero-order valence-electron chi connectivity index (χ0n) is 27.4. The summed E-state index contributed by atoms with van der Waals surface area (Å²) in [5.41, 5.74) is 1.97. The van der Waals surface area contributed by atoms with E-state index in [1.54, 1.807) is 30.3 Å². The number of benzene rings is 3. The van der Waals surface area contributed by atoms with Crippen LogP contribution in [0, 0.1) is 11.7 Å². The van der Waals surface area contributed by atoms with Gasteiger partial charge in [0.05, 0.1) is 20.2 Å². The van der Waals surface area contributed by atoms with Crippen molar-refractivity contribution < 1.29 is 43.2 Å². The number of hydrogen-bond acceptors (Lipinski definition) is 9. The highest BCUT2D eigenvalue weighted by molar-refractivity contribution is 6.35. The van der Waals surface area contributed by atoms with Gasteiger partial charge in [-0.25, -0.2) is 9.18 Å². The molecule has 0 radical (unpaired) electrons. The summed E-state index contributed by atoms with van der Waals surface area (Å²) in [5.74, 6) is -2.13. The molecule has 1 aromatic heterocycles. The van der Waals surface area contributed by atoms with Crippen molar-refractivity contribution in [3.63, 3.8) is 0 Å². The number of hydrogen-bond donors (Lipinski definition) is 2. The topological polar surface area (TPSA) is 124 Å². The molecule has 3 atom stereocenters. The van der Waals surface area contributed by atoms with Crippen molar-refractivity contribution in [2.75, 3.05) is 39.2 Å². The van der Waals surface area contributed by atoms with Gasteiger partial charge in [0.25, 0.3) is 0 Å². The Bertz CT molecular complexity index is 1880. The van der Waals surface area contributed by atoms with Crippen molar-refractivity contribution in [1.82, 2.24) is 4.90 Å². The number of fused-ring (bicyclic) bond motifs is 3. The fraction of sp³-hybridized carbons (Fsp3) is 0.324. The average molecular weight is 725 g/mol. The number of carboxylic acid groups (broad SMARTS) is 1. The van der Waals surface area contributed by atoms with Crippen LogP contribution in [0.2, 0.25) is 10.0 Å². The minimum atomic E-state index is -1.43. The van der Waals surface area contributed by atoms with Crippen LogP contribution in [0.3, 0.4) is 0 Å². The van der Waals surface area contributed by atoms with Gasteiger partial charge in [0.1, 0.15) is 22.0 Å². The number of halogens is 3. The summed E-state index contributed by atoms with van der Waals surface area (Å²) < 4.78 is 32.3. The molecule has 3 aliphatic heterocycles. The number of aromatic carboxylic acids is 1. The van der Waals surface area contributed by atoms with Gasteiger partial charge in [0.2, 0.25) is 12.4 Å². The van der Waals surface area contributed by atoms with E-state index >= 15 is 0 Å². The zero-order valence-corrected chi connectivity index (χ0v) is 28.9. The minimum absolute atomic E-state index is 0.0899. The number of carbonyl (C=O) groups excluding carboxylic acids is 2. The van der Waals surface area contributed by atoms with Gasteiger partial charge >= 0.3 is 5.97 Å². The molecule has 0 aliphatic carbocycles. The minimum Gasteiger partial charge on any atom is -0.545 e. The molecule has 3 fully saturated rings. The summed E-state index contributed by atoms with van der Waals surface area (Å²) >= 11 is 13.1. The van der Waals surface area contributed by atoms with Crippen molar-refractivity contribution >= 4 is 40.8 Å². The number of carbonyl (C=O) groups is 2. The number of nitrogens with zero attached hydrogens (tertiary/aromatic N) is 2. The van der Waals surface area contributed by atoms with Gasteiger partial charge in [-0.2, -0.15) is 0 Å². The third kappa shape index (κ3) is 7.60. The van der Waals surface area contributed by atoms with Crippen LogP contribution in [-0.4, -0.2) is 62.0 Å². The lowest BCUT2D eigenvalue weighted by atomic mass is 9.83. The Hall–Kier alpha value is -4.58. The van der Waals surface area contributed by atoms with Crippen LogP contribution in [-0.2, 0) is 16.0 Å². The van der Waals surface area contributed by atoms with E-state index in [9.17, 15) is 24.3 Å². The lowest BCUT2D eigenvalue weighted by Gasteiger charge is -2.44. The fourth-order valence-corrected chi connectivity index (χ4v) is 7.54. The molecule has 13 heteroatoms. The molecule has 1 unspecified atom stereocenters. The van der Waals surface area contributed by atoms with Gasteiger partial charge in [0.15, 0.2) is 17.5 Å². The molecule has 3 saturated heterocycles. The first-order valence-electron chi connectivity index (χ1n) is 16.1. The second-order valence-electron chi connectivity index (χ2n) is 12.5. The smallest absolute Gasteiger partial charge is 0.333 e. The second kappa shape index (κ2) is 15.1. The summed E-state index contributed by atoms with van der Waals surface area (Å²) in [6.07, 6.45) is 4.23. The van der Waals surface area contributed by atoms with E-state index in [0.717, 1.165) is 30.7 Å². The number of methoxy groups -OCH3 is 2. The first-order chi connectivity index (χ1) is 24.0. The molecule has 4 aromatic rings. The van der Waals surface area contributed by atoms with Crippen LogP contribution >= 0.6 is 23.2 Å². The monoisotopic (exact) mass is 723 g/mol. The Morgan fingerprint density at radius 1 is 1.00 bits per heavy atom. The molecular weight excluding hydrogens is 688 g/mol. The number of aromatic nitrogens is 1. The molecule has 0 amide bonds. The Morgan fingerprint density at radius 3 is 2.34 bits per heavy atom. The zero-order chi connectivity index (χ0) is 35.5. The quantitative estimate of drug-likeness (QED) is 0.115. The number of esters is 1. The SMILES string of the molecule is COc1ccc([C@H](Cc2c(Cl)c[n+](O)cc2Cl)c2cc(NC(C(=O)O[C@H]3CN4CCC3CC4)c3cccc(F)c3)ccc2C(=O)[O-])cc1OC. The predicted molar refractivity (Wildman–Crippen MR) is 182 cm³/mol. The van der Waals surface area contributed by atoms with Gasteiger partial charge in [-0.15, -0.1) is 0 Å². The molecule has 3 aliphatic rings. The number of piperidine rings is 3. The molecule has 2 bridgehead atoms. The highest BCUT2D eigenvalue weighted by atomic mass is 35.5. The average Bonchev–Trinajstić information content (AvgIpc) is 3.10.